The van der Waals surface area contributed by atoms with Gasteiger partial charge in [-0.2, -0.15) is 5.10 Å². The molecule has 0 bridgehead atoms. The zero-order valence-corrected chi connectivity index (χ0v) is 13.6. The second-order valence-electron chi connectivity index (χ2n) is 5.57. The Balaban J connectivity index is 1.69. The average molecular weight is 324 g/mol. The number of carbonyl (C=O) groups is 1. The molecule has 0 radical (unpaired) electrons. The van der Waals surface area contributed by atoms with Crippen molar-refractivity contribution in [3.63, 3.8) is 0 Å². The van der Waals surface area contributed by atoms with E-state index in [1.54, 1.807) is 12.3 Å². The smallest absolute Gasteiger partial charge is 0.314 e. The number of nitrogens with zero attached hydrogens (tertiary/aromatic N) is 1. The summed E-state index contributed by atoms with van der Waals surface area (Å²) >= 11 is 0. The highest BCUT2D eigenvalue weighted by Crippen LogP contribution is 2.34. The molecule has 0 unspecified atom stereocenters. The summed E-state index contributed by atoms with van der Waals surface area (Å²) in [6.45, 7) is 2.39. The molecule has 1 N–H and O–H groups in total. The highest BCUT2D eigenvalue weighted by atomic mass is 16.6. The van der Waals surface area contributed by atoms with Gasteiger partial charge >= 0.3 is 5.97 Å². The van der Waals surface area contributed by atoms with E-state index in [4.69, 9.17) is 9.47 Å². The molecule has 5 nitrogen and oxygen atoms in total. The van der Waals surface area contributed by atoms with Gasteiger partial charge < -0.3 is 9.47 Å². The Kier molecular flexibility index (Phi) is 5.11. The number of carbonyl (C=O) groups excluding carboxylic acids is 1. The maximum absolute atomic E-state index is 11.8. The molecule has 2 aromatic rings. The number of esters is 1. The molecular weight excluding hydrogens is 304 g/mol. The molecule has 0 aromatic heterocycles. The first-order valence-corrected chi connectivity index (χ1v) is 8.09. The maximum atomic E-state index is 11.8. The molecule has 1 aliphatic rings. The largest absolute Gasteiger partial charge is 0.490 e. The van der Waals surface area contributed by atoms with Crippen molar-refractivity contribution in [1.82, 2.24) is 0 Å². The molecule has 0 saturated heterocycles. The van der Waals surface area contributed by atoms with E-state index in [-0.39, 0.29) is 11.9 Å². The molecule has 1 aliphatic carbocycles. The number of rotatable bonds is 7. The molecule has 124 valence electrons. The Morgan fingerprint density at radius 3 is 2.71 bits per heavy atom. The SMILES string of the molecule is CCOc1cc(C=NNc2ccccc2)ccc1OC(=O)C1CC1. The van der Waals surface area contributed by atoms with Crippen molar-refractivity contribution in [1.29, 1.82) is 0 Å². The van der Waals surface area contributed by atoms with Crippen LogP contribution in [0.15, 0.2) is 53.6 Å². The minimum atomic E-state index is -0.178. The van der Waals surface area contributed by atoms with Crippen molar-refractivity contribution < 1.29 is 14.3 Å². The van der Waals surface area contributed by atoms with E-state index in [9.17, 15) is 4.79 Å². The normalized spacial score (nSPS) is 13.7. The number of benzene rings is 2. The quantitative estimate of drug-likeness (QED) is 0.364. The number of hydrazone groups is 1. The highest BCUT2D eigenvalue weighted by molar-refractivity contribution is 5.82. The topological polar surface area (TPSA) is 59.9 Å². The molecule has 1 fully saturated rings. The van der Waals surface area contributed by atoms with Gasteiger partial charge in [0.15, 0.2) is 11.5 Å². The Morgan fingerprint density at radius 2 is 2.00 bits per heavy atom. The monoisotopic (exact) mass is 324 g/mol. The molecule has 1 saturated carbocycles. The Bertz CT molecular complexity index is 725. The standard InChI is InChI=1S/C19H20N2O3/c1-2-23-18-12-14(13-20-21-16-6-4-3-5-7-16)8-11-17(18)24-19(22)15-9-10-15/h3-8,11-13,15,21H,2,9-10H2,1H3. The number of para-hydroxylation sites is 1. The zero-order valence-electron chi connectivity index (χ0n) is 13.6. The summed E-state index contributed by atoms with van der Waals surface area (Å²) in [5.74, 6) is 0.885. The molecule has 2 aromatic carbocycles. The molecule has 0 aliphatic heterocycles. The second kappa shape index (κ2) is 7.64. The van der Waals surface area contributed by atoms with Crippen LogP contribution in [-0.4, -0.2) is 18.8 Å². The minimum absolute atomic E-state index is 0.0517. The number of hydrogen-bond donors (Lipinski definition) is 1. The third kappa shape index (κ3) is 4.35. The lowest BCUT2D eigenvalue weighted by Gasteiger charge is -2.11. The Labute approximate surface area is 141 Å². The van der Waals surface area contributed by atoms with Crippen LogP contribution in [0.3, 0.4) is 0 Å². The summed E-state index contributed by atoms with van der Waals surface area (Å²) in [6.07, 6.45) is 3.53. The molecule has 24 heavy (non-hydrogen) atoms. The molecular formula is C19H20N2O3. The number of nitrogens with one attached hydrogen (secondary N) is 1. The van der Waals surface area contributed by atoms with Gasteiger partial charge in [0, 0.05) is 0 Å². The molecule has 5 heteroatoms. The van der Waals surface area contributed by atoms with Gasteiger partial charge in [-0.05, 0) is 55.7 Å². The maximum Gasteiger partial charge on any atom is 0.314 e. The predicted molar refractivity (Wildman–Crippen MR) is 93.6 cm³/mol. The van der Waals surface area contributed by atoms with E-state index in [2.05, 4.69) is 10.5 Å². The first kappa shape index (κ1) is 16.1. The van der Waals surface area contributed by atoms with Crippen molar-refractivity contribution >= 4 is 17.9 Å². The van der Waals surface area contributed by atoms with Crippen LogP contribution in [0.2, 0.25) is 0 Å². The fourth-order valence-corrected chi connectivity index (χ4v) is 2.16. The summed E-state index contributed by atoms with van der Waals surface area (Å²) in [5.41, 5.74) is 4.72. The lowest BCUT2D eigenvalue weighted by Crippen LogP contribution is -2.11. The van der Waals surface area contributed by atoms with Crippen LogP contribution in [0.25, 0.3) is 0 Å². The second-order valence-corrected chi connectivity index (χ2v) is 5.57. The molecule has 0 heterocycles. The first-order valence-electron chi connectivity index (χ1n) is 8.09. The van der Waals surface area contributed by atoms with Gasteiger partial charge in [0.1, 0.15) is 0 Å². The molecule has 0 amide bonds. The van der Waals surface area contributed by atoms with E-state index in [0.29, 0.717) is 18.1 Å². The third-order valence-electron chi connectivity index (χ3n) is 3.57. The van der Waals surface area contributed by atoms with Gasteiger partial charge in [0.05, 0.1) is 24.4 Å². The average Bonchev–Trinajstić information content (AvgIpc) is 3.43. The van der Waals surface area contributed by atoms with Gasteiger partial charge in [-0.3, -0.25) is 10.2 Å². The van der Waals surface area contributed by atoms with Crippen LogP contribution in [0, 0.1) is 5.92 Å². The predicted octanol–water partition coefficient (Wildman–Crippen LogP) is 3.85. The van der Waals surface area contributed by atoms with Crippen molar-refractivity contribution in [3.05, 3.63) is 54.1 Å². The first-order chi connectivity index (χ1) is 11.8. The zero-order chi connectivity index (χ0) is 16.8. The van der Waals surface area contributed by atoms with Crippen molar-refractivity contribution in [2.75, 3.05) is 12.0 Å². The third-order valence-corrected chi connectivity index (χ3v) is 3.57. The van der Waals surface area contributed by atoms with Crippen LogP contribution < -0.4 is 14.9 Å². The summed E-state index contributed by atoms with van der Waals surface area (Å²) in [7, 11) is 0. The van der Waals surface area contributed by atoms with Crippen molar-refractivity contribution in [3.8, 4) is 11.5 Å². The Morgan fingerprint density at radius 1 is 1.21 bits per heavy atom. The minimum Gasteiger partial charge on any atom is -0.490 e. The van der Waals surface area contributed by atoms with Crippen LogP contribution in [0.5, 0.6) is 11.5 Å². The van der Waals surface area contributed by atoms with Gasteiger partial charge in [0.2, 0.25) is 0 Å². The van der Waals surface area contributed by atoms with Crippen molar-refractivity contribution in [2.24, 2.45) is 11.0 Å². The summed E-state index contributed by atoms with van der Waals surface area (Å²) in [6, 6.07) is 15.1. The van der Waals surface area contributed by atoms with Gasteiger partial charge in [-0.1, -0.05) is 18.2 Å². The van der Waals surface area contributed by atoms with E-state index in [1.165, 1.54) is 0 Å². The van der Waals surface area contributed by atoms with Gasteiger partial charge in [0.25, 0.3) is 0 Å². The number of hydrogen-bond acceptors (Lipinski definition) is 5. The highest BCUT2D eigenvalue weighted by Gasteiger charge is 2.32. The van der Waals surface area contributed by atoms with Crippen LogP contribution in [0.4, 0.5) is 5.69 Å². The summed E-state index contributed by atoms with van der Waals surface area (Å²) in [4.78, 5) is 11.8. The van der Waals surface area contributed by atoms with Crippen LogP contribution >= 0.6 is 0 Å². The lowest BCUT2D eigenvalue weighted by atomic mass is 10.2. The lowest BCUT2D eigenvalue weighted by molar-refractivity contribution is -0.135. The van der Waals surface area contributed by atoms with Gasteiger partial charge in [-0.15, -0.1) is 0 Å². The fourth-order valence-electron chi connectivity index (χ4n) is 2.16. The van der Waals surface area contributed by atoms with Gasteiger partial charge in [-0.25, -0.2) is 0 Å². The van der Waals surface area contributed by atoms with Crippen LogP contribution in [0.1, 0.15) is 25.3 Å². The van der Waals surface area contributed by atoms with Crippen molar-refractivity contribution in [2.45, 2.75) is 19.8 Å². The van der Waals surface area contributed by atoms with E-state index in [0.717, 1.165) is 24.1 Å². The summed E-state index contributed by atoms with van der Waals surface area (Å²) < 4.78 is 11.0. The Hall–Kier alpha value is -2.82. The fraction of sp³-hybridized carbons (Fsp3) is 0.263. The van der Waals surface area contributed by atoms with E-state index >= 15 is 0 Å². The molecule has 0 spiro atoms. The number of ether oxygens (including phenoxy) is 2. The molecule has 0 atom stereocenters. The van der Waals surface area contributed by atoms with E-state index < -0.39 is 0 Å². The van der Waals surface area contributed by atoms with Crippen LogP contribution in [-0.2, 0) is 4.79 Å². The molecule has 3 rings (SSSR count). The number of anilines is 1. The van der Waals surface area contributed by atoms with E-state index in [1.807, 2.05) is 49.4 Å². The summed E-state index contributed by atoms with van der Waals surface area (Å²) in [5, 5.41) is 4.20.